The fourth-order valence-corrected chi connectivity index (χ4v) is 3.00. The molecule has 0 fully saturated rings. The lowest BCUT2D eigenvalue weighted by atomic mass is 10.1. The number of nitro benzene ring substituents is 1. The number of benzene rings is 1. The van der Waals surface area contributed by atoms with Crippen LogP contribution in [0, 0.1) is 10.1 Å². The summed E-state index contributed by atoms with van der Waals surface area (Å²) in [6, 6.07) is 5.41. The highest BCUT2D eigenvalue weighted by molar-refractivity contribution is 5.82. The fraction of sp³-hybridized carbons (Fsp3) is 0.636. The monoisotopic (exact) mass is 421 g/mol. The van der Waals surface area contributed by atoms with E-state index in [2.05, 4.69) is 17.8 Å². The lowest BCUT2D eigenvalue weighted by Crippen LogP contribution is -2.43. The molecular formula is C22H35N3O5. The Morgan fingerprint density at radius 2 is 1.33 bits per heavy atom. The van der Waals surface area contributed by atoms with Gasteiger partial charge in [-0.15, -0.1) is 0 Å². The van der Waals surface area contributed by atoms with Crippen molar-refractivity contribution in [1.82, 2.24) is 10.9 Å². The predicted molar refractivity (Wildman–Crippen MR) is 116 cm³/mol. The van der Waals surface area contributed by atoms with E-state index in [1.165, 1.54) is 75.6 Å². The predicted octanol–water partition coefficient (Wildman–Crippen LogP) is 4.82. The molecule has 1 aromatic rings. The highest BCUT2D eigenvalue weighted by atomic mass is 16.6. The molecule has 0 bridgehead atoms. The van der Waals surface area contributed by atoms with Crippen LogP contribution >= 0.6 is 0 Å². The number of hydrogen-bond donors (Lipinski definition) is 2. The van der Waals surface area contributed by atoms with Crippen LogP contribution < -0.4 is 15.6 Å². The van der Waals surface area contributed by atoms with Gasteiger partial charge < -0.3 is 4.74 Å². The van der Waals surface area contributed by atoms with Gasteiger partial charge in [-0.3, -0.25) is 30.6 Å². The van der Waals surface area contributed by atoms with Crippen molar-refractivity contribution in [2.45, 2.75) is 84.0 Å². The van der Waals surface area contributed by atoms with E-state index < -0.39 is 10.8 Å². The average Bonchev–Trinajstić information content (AvgIpc) is 2.74. The second-order valence-corrected chi connectivity index (χ2v) is 7.42. The molecule has 1 aromatic carbocycles. The molecule has 0 heterocycles. The van der Waals surface area contributed by atoms with Crippen LogP contribution in [0.3, 0.4) is 0 Å². The third-order valence-corrected chi connectivity index (χ3v) is 4.77. The van der Waals surface area contributed by atoms with Crippen molar-refractivity contribution >= 4 is 17.5 Å². The number of carbonyl (C=O) groups is 2. The number of unbranched alkanes of at least 4 members (excludes halogenated alkanes) is 10. The van der Waals surface area contributed by atoms with Crippen molar-refractivity contribution in [3.8, 4) is 5.75 Å². The zero-order chi connectivity index (χ0) is 22.0. The molecule has 8 heteroatoms. The Morgan fingerprint density at radius 1 is 0.833 bits per heavy atom. The number of carbonyl (C=O) groups excluding carboxylic acids is 2. The van der Waals surface area contributed by atoms with Gasteiger partial charge in [0.15, 0.2) is 6.61 Å². The number of nitrogens with zero attached hydrogens (tertiary/aromatic N) is 1. The van der Waals surface area contributed by atoms with Crippen molar-refractivity contribution in [3.05, 3.63) is 34.4 Å². The molecule has 0 atom stereocenters. The Balaban J connectivity index is 1.98. The van der Waals surface area contributed by atoms with E-state index in [0.717, 1.165) is 19.3 Å². The topological polar surface area (TPSA) is 111 Å². The van der Waals surface area contributed by atoms with E-state index in [-0.39, 0.29) is 18.2 Å². The molecule has 168 valence electrons. The SMILES string of the molecule is CCCCCCCCCCCCCC(=O)NNC(=O)COc1ccc([N+](=O)[O-])cc1. The molecule has 0 saturated heterocycles. The number of rotatable bonds is 16. The number of ether oxygens (including phenoxy) is 1. The molecule has 2 N–H and O–H groups in total. The second kappa shape index (κ2) is 16.2. The molecule has 0 radical (unpaired) electrons. The molecule has 8 nitrogen and oxygen atoms in total. The van der Waals surface area contributed by atoms with Crippen molar-refractivity contribution in [2.24, 2.45) is 0 Å². The Labute approximate surface area is 178 Å². The number of hydrazine groups is 1. The van der Waals surface area contributed by atoms with E-state index in [1.807, 2.05) is 0 Å². The first-order valence-electron chi connectivity index (χ1n) is 11.0. The van der Waals surface area contributed by atoms with Gasteiger partial charge in [0.2, 0.25) is 5.91 Å². The third-order valence-electron chi connectivity index (χ3n) is 4.77. The minimum absolute atomic E-state index is 0.0542. The molecule has 30 heavy (non-hydrogen) atoms. The minimum atomic E-state index is -0.512. The van der Waals surface area contributed by atoms with E-state index in [4.69, 9.17) is 4.74 Å². The first kappa shape index (κ1) is 25.4. The highest BCUT2D eigenvalue weighted by Gasteiger charge is 2.08. The smallest absolute Gasteiger partial charge is 0.276 e. The highest BCUT2D eigenvalue weighted by Crippen LogP contribution is 2.17. The summed E-state index contributed by atoms with van der Waals surface area (Å²) in [5.41, 5.74) is 4.62. The van der Waals surface area contributed by atoms with Crippen molar-refractivity contribution in [2.75, 3.05) is 6.61 Å². The molecule has 0 aromatic heterocycles. The van der Waals surface area contributed by atoms with E-state index in [1.54, 1.807) is 0 Å². The van der Waals surface area contributed by atoms with Crippen molar-refractivity contribution in [1.29, 1.82) is 0 Å². The molecule has 0 unspecified atom stereocenters. The molecular weight excluding hydrogens is 386 g/mol. The molecule has 0 spiro atoms. The van der Waals surface area contributed by atoms with Gasteiger partial charge in [-0.2, -0.15) is 0 Å². The number of nitro groups is 1. The molecule has 0 aliphatic heterocycles. The van der Waals surface area contributed by atoms with E-state index in [0.29, 0.717) is 12.2 Å². The maximum Gasteiger partial charge on any atom is 0.276 e. The van der Waals surface area contributed by atoms with Gasteiger partial charge in [-0.25, -0.2) is 0 Å². The minimum Gasteiger partial charge on any atom is -0.484 e. The largest absolute Gasteiger partial charge is 0.484 e. The number of hydrogen-bond acceptors (Lipinski definition) is 5. The van der Waals surface area contributed by atoms with Gasteiger partial charge in [-0.05, 0) is 18.6 Å². The normalized spacial score (nSPS) is 10.4. The van der Waals surface area contributed by atoms with Gasteiger partial charge in [0, 0.05) is 18.6 Å². The van der Waals surface area contributed by atoms with E-state index in [9.17, 15) is 19.7 Å². The van der Waals surface area contributed by atoms with Crippen LogP contribution in [0.4, 0.5) is 5.69 Å². The first-order valence-corrected chi connectivity index (χ1v) is 11.0. The fourth-order valence-electron chi connectivity index (χ4n) is 3.00. The van der Waals surface area contributed by atoms with Crippen LogP contribution in [0.25, 0.3) is 0 Å². The van der Waals surface area contributed by atoms with Crippen LogP contribution in [0.2, 0.25) is 0 Å². The van der Waals surface area contributed by atoms with Crippen LogP contribution in [-0.2, 0) is 9.59 Å². The summed E-state index contributed by atoms with van der Waals surface area (Å²) in [4.78, 5) is 33.5. The molecule has 1 rings (SSSR count). The Kier molecular flexibility index (Phi) is 13.7. The lowest BCUT2D eigenvalue weighted by molar-refractivity contribution is -0.384. The van der Waals surface area contributed by atoms with Crippen molar-refractivity contribution < 1.29 is 19.2 Å². The molecule has 0 aliphatic carbocycles. The van der Waals surface area contributed by atoms with Crippen LogP contribution in [-0.4, -0.2) is 23.3 Å². The summed E-state index contributed by atoms with van der Waals surface area (Å²) < 4.78 is 5.22. The molecule has 2 amide bonds. The van der Waals surface area contributed by atoms with Gasteiger partial charge in [0.25, 0.3) is 11.6 Å². The summed E-state index contributed by atoms with van der Waals surface area (Å²) in [7, 11) is 0. The summed E-state index contributed by atoms with van der Waals surface area (Å²) in [6.45, 7) is 1.93. The average molecular weight is 422 g/mol. The summed E-state index contributed by atoms with van der Waals surface area (Å²) in [6.07, 6.45) is 13.8. The molecule has 0 aliphatic rings. The summed E-state index contributed by atoms with van der Waals surface area (Å²) in [5, 5.41) is 10.6. The Hall–Kier alpha value is -2.64. The quantitative estimate of drug-likeness (QED) is 0.226. The Morgan fingerprint density at radius 3 is 1.87 bits per heavy atom. The number of nitrogens with one attached hydrogen (secondary N) is 2. The maximum absolute atomic E-state index is 11.8. The number of non-ortho nitro benzene ring substituents is 1. The van der Waals surface area contributed by atoms with Crippen LogP contribution in [0.15, 0.2) is 24.3 Å². The maximum atomic E-state index is 11.8. The van der Waals surface area contributed by atoms with Gasteiger partial charge in [0.1, 0.15) is 5.75 Å². The second-order valence-electron chi connectivity index (χ2n) is 7.42. The van der Waals surface area contributed by atoms with E-state index >= 15 is 0 Å². The third kappa shape index (κ3) is 12.7. The Bertz CT molecular complexity index is 634. The van der Waals surface area contributed by atoms with Gasteiger partial charge >= 0.3 is 0 Å². The van der Waals surface area contributed by atoms with Gasteiger partial charge in [-0.1, -0.05) is 71.1 Å². The van der Waals surface area contributed by atoms with Crippen LogP contribution in [0.5, 0.6) is 5.75 Å². The lowest BCUT2D eigenvalue weighted by Gasteiger charge is -2.09. The summed E-state index contributed by atoms with van der Waals surface area (Å²) >= 11 is 0. The zero-order valence-corrected chi connectivity index (χ0v) is 18.0. The first-order chi connectivity index (χ1) is 14.5. The van der Waals surface area contributed by atoms with Crippen molar-refractivity contribution in [3.63, 3.8) is 0 Å². The summed E-state index contributed by atoms with van der Waals surface area (Å²) in [5.74, 6) is -0.390. The van der Waals surface area contributed by atoms with Gasteiger partial charge in [0.05, 0.1) is 4.92 Å². The van der Waals surface area contributed by atoms with Crippen LogP contribution in [0.1, 0.15) is 84.0 Å². The standard InChI is InChI=1S/C22H35N3O5/c1-2-3-4-5-6-7-8-9-10-11-12-13-21(26)23-24-22(27)18-30-20-16-14-19(15-17-20)25(28)29/h14-17H,2-13,18H2,1H3,(H,23,26)(H,24,27). The molecule has 0 saturated carbocycles. The zero-order valence-electron chi connectivity index (χ0n) is 18.0. The number of amides is 2.